The van der Waals surface area contributed by atoms with Crippen LogP contribution in [0, 0.1) is 0 Å². The minimum absolute atomic E-state index is 0.757. The van der Waals surface area contributed by atoms with E-state index in [0.29, 0.717) is 0 Å². The van der Waals surface area contributed by atoms with Gasteiger partial charge in [0.1, 0.15) is 0 Å². The van der Waals surface area contributed by atoms with Crippen LogP contribution in [0.25, 0.3) is 0 Å². The molecular weight excluding hydrogens is 96.1 g/mol. The molecule has 3 heteroatoms. The third kappa shape index (κ3) is 0.825. The summed E-state index contributed by atoms with van der Waals surface area (Å²) < 4.78 is 3.82. The maximum absolute atomic E-state index is 3.87. The monoisotopic (exact) mass is 100 g/mol. The third-order valence-electron chi connectivity index (χ3n) is 0.444. The summed E-state index contributed by atoms with van der Waals surface area (Å²) in [5, 5.41) is 0. The molecule has 1 heterocycles. The highest BCUT2D eigenvalue weighted by molar-refractivity contribution is 8.11. The molecule has 0 aliphatic carbocycles. The minimum atomic E-state index is 0.757. The minimum Gasteiger partial charge on any atom is -0.279 e. The molecule has 0 amide bonds. The Morgan fingerprint density at radius 1 is 1.67 bits per heavy atom. The molecule has 0 radical (unpaired) electrons. The fraction of sp³-hybridized carbons (Fsp3) is 0.333. The van der Waals surface area contributed by atoms with E-state index in [1.807, 2.05) is 0 Å². The van der Waals surface area contributed by atoms with Crippen LogP contribution in [0.4, 0.5) is 0 Å². The molecule has 0 unspecified atom stereocenters. The van der Waals surface area contributed by atoms with Gasteiger partial charge in [-0.15, -0.1) is 0 Å². The molecule has 0 aromatic rings. The summed E-state index contributed by atoms with van der Waals surface area (Å²) in [4.78, 5) is 3.87. The van der Waals surface area contributed by atoms with E-state index in [-0.39, 0.29) is 0 Å². The molecule has 1 aliphatic rings. The lowest BCUT2D eigenvalue weighted by molar-refractivity contribution is 1.35. The van der Waals surface area contributed by atoms with E-state index in [1.54, 1.807) is 11.8 Å². The fourth-order valence-corrected chi connectivity index (χ4v) is 0.587. The average Bonchev–Trinajstić information content (AvgIpc) is 1.72. The van der Waals surface area contributed by atoms with Crippen LogP contribution in [-0.2, 0) is 0 Å². The lowest BCUT2D eigenvalue weighted by Gasteiger charge is -1.86. The van der Waals surface area contributed by atoms with Gasteiger partial charge in [0, 0.05) is 18.2 Å². The molecule has 0 spiro atoms. The summed E-state index contributed by atoms with van der Waals surface area (Å²) in [6.07, 6.45) is 1.78. The first kappa shape index (κ1) is 3.87. The van der Waals surface area contributed by atoms with Crippen LogP contribution in [0.5, 0.6) is 0 Å². The molecule has 0 aromatic carbocycles. The van der Waals surface area contributed by atoms with Crippen molar-refractivity contribution in [2.45, 2.75) is 0 Å². The molecule has 0 aromatic heterocycles. The van der Waals surface area contributed by atoms with E-state index in [0.717, 1.165) is 6.54 Å². The van der Waals surface area contributed by atoms with Crippen molar-refractivity contribution in [1.29, 1.82) is 0 Å². The Morgan fingerprint density at radius 2 is 2.67 bits per heavy atom. The summed E-state index contributed by atoms with van der Waals surface area (Å²) in [6, 6.07) is 0. The van der Waals surface area contributed by atoms with E-state index in [9.17, 15) is 0 Å². The Balaban J connectivity index is 2.40. The molecule has 0 saturated carbocycles. The summed E-state index contributed by atoms with van der Waals surface area (Å²) >= 11 is 1.37. The van der Waals surface area contributed by atoms with E-state index in [2.05, 4.69) is 9.39 Å². The molecule has 0 saturated heterocycles. The van der Waals surface area contributed by atoms with Gasteiger partial charge < -0.3 is 0 Å². The van der Waals surface area contributed by atoms with Crippen LogP contribution in [0.2, 0.25) is 0 Å². The molecule has 6 heavy (non-hydrogen) atoms. The van der Waals surface area contributed by atoms with Crippen molar-refractivity contribution in [3.05, 3.63) is 0 Å². The zero-order valence-electron chi connectivity index (χ0n) is 3.16. The largest absolute Gasteiger partial charge is 0.279 e. The third-order valence-corrected chi connectivity index (χ3v) is 0.958. The van der Waals surface area contributed by atoms with Gasteiger partial charge >= 0.3 is 0 Å². The molecule has 32 valence electrons. The van der Waals surface area contributed by atoms with E-state index < -0.39 is 0 Å². The van der Waals surface area contributed by atoms with Crippen LogP contribution in [-0.4, -0.2) is 18.3 Å². The quantitative estimate of drug-likeness (QED) is 0.412. The summed E-state index contributed by atoms with van der Waals surface area (Å²) in [7, 11) is 0. The summed E-state index contributed by atoms with van der Waals surface area (Å²) in [5.74, 6) is 0. The van der Waals surface area contributed by atoms with Gasteiger partial charge in [0.2, 0.25) is 0 Å². The van der Waals surface area contributed by atoms with E-state index in [1.165, 1.54) is 11.9 Å². The Bertz CT molecular complexity index is 66.8. The average molecular weight is 100 g/mol. The Kier molecular flexibility index (Phi) is 1.27. The van der Waals surface area contributed by atoms with Crippen molar-refractivity contribution in [2.24, 2.45) is 9.39 Å². The first-order chi connectivity index (χ1) is 3.00. The lowest BCUT2D eigenvalue weighted by Crippen LogP contribution is -1.83. The van der Waals surface area contributed by atoms with Crippen molar-refractivity contribution in [1.82, 2.24) is 0 Å². The highest BCUT2D eigenvalue weighted by Crippen LogP contribution is 1.97. The molecule has 1 aliphatic heterocycles. The Labute approximate surface area is 40.5 Å². The number of rotatable bonds is 0. The number of aliphatic imine (C=N–C) groups is 1. The van der Waals surface area contributed by atoms with E-state index >= 15 is 0 Å². The number of hydrogen-bond donors (Lipinski definition) is 0. The second-order valence-electron chi connectivity index (χ2n) is 0.864. The molecular formula is C3H4N2S. The van der Waals surface area contributed by atoms with Crippen molar-refractivity contribution in [3.8, 4) is 0 Å². The maximum Gasteiger partial charge on any atom is 0.0775 e. The van der Waals surface area contributed by atoms with Crippen molar-refractivity contribution >= 4 is 23.7 Å². The van der Waals surface area contributed by atoms with Crippen LogP contribution in [0.15, 0.2) is 9.39 Å². The van der Waals surface area contributed by atoms with Crippen LogP contribution >= 0.6 is 11.9 Å². The summed E-state index contributed by atoms with van der Waals surface area (Å²) in [5.41, 5.74) is 1.74. The smallest absolute Gasteiger partial charge is 0.0775 e. The first-order valence-corrected chi connectivity index (χ1v) is 2.50. The van der Waals surface area contributed by atoms with Crippen LogP contribution < -0.4 is 0 Å². The Morgan fingerprint density at radius 3 is 2.83 bits per heavy atom. The molecule has 0 bridgehead atoms. The van der Waals surface area contributed by atoms with Crippen LogP contribution in [0.3, 0.4) is 0 Å². The standard InChI is InChI=1S/C3H4N2S/c1-2-5-6-3-4-1/h2-3H,1H2. The lowest BCUT2D eigenvalue weighted by atomic mass is 10.8. The first-order valence-electron chi connectivity index (χ1n) is 1.66. The fourth-order valence-electron chi connectivity index (χ4n) is 0.227. The maximum atomic E-state index is 3.87. The normalized spacial score (nSPS) is 18.7. The topological polar surface area (TPSA) is 24.7 Å². The predicted octanol–water partition coefficient (Wildman–Crippen LogP) is 0.747. The number of nitrogens with zero attached hydrogens (tertiary/aromatic N) is 2. The van der Waals surface area contributed by atoms with Gasteiger partial charge in [-0.2, -0.15) is 0 Å². The SMILES string of the molecule is C1=NCC=NS1. The second-order valence-corrected chi connectivity index (χ2v) is 1.50. The van der Waals surface area contributed by atoms with Gasteiger partial charge in [-0.3, -0.25) is 4.99 Å². The molecule has 2 nitrogen and oxygen atoms in total. The van der Waals surface area contributed by atoms with Crippen molar-refractivity contribution in [3.63, 3.8) is 0 Å². The van der Waals surface area contributed by atoms with Gasteiger partial charge in [0.15, 0.2) is 0 Å². The molecule has 1 rings (SSSR count). The van der Waals surface area contributed by atoms with Gasteiger partial charge in [0.25, 0.3) is 0 Å². The van der Waals surface area contributed by atoms with Gasteiger partial charge in [0.05, 0.1) is 12.1 Å². The second kappa shape index (κ2) is 1.97. The van der Waals surface area contributed by atoms with Gasteiger partial charge in [-0.1, -0.05) is 0 Å². The Hall–Kier alpha value is -0.310. The summed E-state index contributed by atoms with van der Waals surface area (Å²) in [6.45, 7) is 0.757. The van der Waals surface area contributed by atoms with Gasteiger partial charge in [-0.05, 0) is 0 Å². The number of hydrogen-bond acceptors (Lipinski definition) is 3. The predicted molar refractivity (Wildman–Crippen MR) is 29.4 cm³/mol. The van der Waals surface area contributed by atoms with Crippen molar-refractivity contribution < 1.29 is 0 Å². The zero-order valence-corrected chi connectivity index (χ0v) is 3.98. The highest BCUT2D eigenvalue weighted by atomic mass is 32.2. The molecule has 0 fully saturated rings. The zero-order chi connectivity index (χ0) is 4.24. The van der Waals surface area contributed by atoms with Crippen LogP contribution in [0.1, 0.15) is 0 Å². The molecule has 0 atom stereocenters. The molecule has 0 N–H and O–H groups in total. The van der Waals surface area contributed by atoms with Gasteiger partial charge in [-0.25, -0.2) is 4.40 Å². The van der Waals surface area contributed by atoms with E-state index in [4.69, 9.17) is 0 Å². The van der Waals surface area contributed by atoms with Crippen molar-refractivity contribution in [2.75, 3.05) is 6.54 Å². The highest BCUT2D eigenvalue weighted by Gasteiger charge is 1.78.